The molecule has 0 fully saturated rings. The van der Waals surface area contributed by atoms with Crippen LogP contribution in [0.25, 0.3) is 6.08 Å². The van der Waals surface area contributed by atoms with Crippen LogP contribution in [0.2, 0.25) is 0 Å². The average Bonchev–Trinajstić information content (AvgIpc) is 3.33. The van der Waals surface area contributed by atoms with Crippen LogP contribution in [0.3, 0.4) is 0 Å². The van der Waals surface area contributed by atoms with Crippen molar-refractivity contribution in [3.63, 3.8) is 0 Å². The lowest BCUT2D eigenvalue weighted by molar-refractivity contribution is -0.119. The second kappa shape index (κ2) is 10.1. The smallest absolute Gasteiger partial charge is 0.249 e. The Hall–Kier alpha value is -4.14. The average molecular weight is 421 g/mol. The third kappa shape index (κ3) is 5.47. The van der Waals surface area contributed by atoms with Crippen molar-refractivity contribution in [3.05, 3.63) is 66.8 Å². The maximum Gasteiger partial charge on any atom is 0.249 e. The number of carbonyl (C=O) groups is 2. The number of hydrogen-bond donors (Lipinski definition) is 2. The Balaban J connectivity index is 1.59. The summed E-state index contributed by atoms with van der Waals surface area (Å²) in [6.45, 7) is 1.72. The third-order valence-corrected chi connectivity index (χ3v) is 4.48. The van der Waals surface area contributed by atoms with E-state index < -0.39 is 6.04 Å². The number of carbonyl (C=O) groups excluding carboxylic acids is 2. The standard InChI is InChI=1S/C22H23N5O4/c1-15(27-14-23-13-24-27)22(29)26-18-10-8-17(9-11-18)25-20(28)12-7-16-5-4-6-19(30-2)21(16)31-3/h4-15H,1-3H3,(H,25,28)(H,26,29)/b12-7+. The number of amides is 2. The Morgan fingerprint density at radius 3 is 2.35 bits per heavy atom. The summed E-state index contributed by atoms with van der Waals surface area (Å²) in [4.78, 5) is 28.4. The van der Waals surface area contributed by atoms with E-state index in [0.29, 0.717) is 22.9 Å². The highest BCUT2D eigenvalue weighted by molar-refractivity contribution is 6.02. The Morgan fingerprint density at radius 2 is 1.74 bits per heavy atom. The van der Waals surface area contributed by atoms with E-state index in [-0.39, 0.29) is 11.8 Å². The Kier molecular flexibility index (Phi) is 7.00. The molecular weight excluding hydrogens is 398 g/mol. The summed E-state index contributed by atoms with van der Waals surface area (Å²) in [5.41, 5.74) is 1.91. The van der Waals surface area contributed by atoms with Gasteiger partial charge in [0.15, 0.2) is 11.5 Å². The van der Waals surface area contributed by atoms with Crippen LogP contribution in [0, 0.1) is 0 Å². The van der Waals surface area contributed by atoms with Crippen LogP contribution >= 0.6 is 0 Å². The first-order valence-corrected chi connectivity index (χ1v) is 9.47. The summed E-state index contributed by atoms with van der Waals surface area (Å²) < 4.78 is 12.1. The molecule has 0 saturated heterocycles. The van der Waals surface area contributed by atoms with Gasteiger partial charge >= 0.3 is 0 Å². The van der Waals surface area contributed by atoms with Crippen LogP contribution < -0.4 is 20.1 Å². The van der Waals surface area contributed by atoms with Gasteiger partial charge < -0.3 is 20.1 Å². The number of methoxy groups -OCH3 is 2. The molecule has 2 amide bonds. The molecule has 31 heavy (non-hydrogen) atoms. The molecule has 0 aliphatic heterocycles. The van der Waals surface area contributed by atoms with Crippen LogP contribution in [0.4, 0.5) is 11.4 Å². The van der Waals surface area contributed by atoms with Crippen LogP contribution in [0.1, 0.15) is 18.5 Å². The summed E-state index contributed by atoms with van der Waals surface area (Å²) in [6, 6.07) is 11.7. The lowest BCUT2D eigenvalue weighted by Crippen LogP contribution is -2.24. The van der Waals surface area contributed by atoms with Crippen molar-refractivity contribution in [1.82, 2.24) is 14.8 Å². The number of nitrogens with zero attached hydrogens (tertiary/aromatic N) is 3. The molecule has 3 aromatic rings. The number of rotatable bonds is 8. The van der Waals surface area contributed by atoms with Crippen molar-refractivity contribution >= 4 is 29.3 Å². The van der Waals surface area contributed by atoms with Crippen LogP contribution in [0.5, 0.6) is 11.5 Å². The van der Waals surface area contributed by atoms with Gasteiger partial charge in [0.2, 0.25) is 11.8 Å². The van der Waals surface area contributed by atoms with E-state index in [1.54, 1.807) is 57.6 Å². The zero-order chi connectivity index (χ0) is 22.2. The maximum atomic E-state index is 12.3. The highest BCUT2D eigenvalue weighted by atomic mass is 16.5. The number of anilines is 2. The van der Waals surface area contributed by atoms with Crippen molar-refractivity contribution in [2.75, 3.05) is 24.9 Å². The highest BCUT2D eigenvalue weighted by Crippen LogP contribution is 2.31. The van der Waals surface area contributed by atoms with Crippen molar-refractivity contribution in [3.8, 4) is 11.5 Å². The van der Waals surface area contributed by atoms with Gasteiger partial charge in [-0.05, 0) is 43.3 Å². The zero-order valence-corrected chi connectivity index (χ0v) is 17.4. The van der Waals surface area contributed by atoms with Crippen molar-refractivity contribution in [1.29, 1.82) is 0 Å². The van der Waals surface area contributed by atoms with Gasteiger partial charge in [0.1, 0.15) is 18.7 Å². The molecule has 0 aliphatic carbocycles. The Morgan fingerprint density at radius 1 is 1.03 bits per heavy atom. The zero-order valence-electron chi connectivity index (χ0n) is 17.4. The largest absolute Gasteiger partial charge is 0.493 e. The van der Waals surface area contributed by atoms with E-state index in [0.717, 1.165) is 5.56 Å². The Bertz CT molecular complexity index is 1060. The van der Waals surface area contributed by atoms with Crippen LogP contribution in [-0.4, -0.2) is 40.8 Å². The number of hydrogen-bond acceptors (Lipinski definition) is 6. The fraction of sp³-hybridized carbons (Fsp3) is 0.182. The van der Waals surface area contributed by atoms with E-state index in [9.17, 15) is 9.59 Å². The number of nitrogens with one attached hydrogen (secondary N) is 2. The summed E-state index contributed by atoms with van der Waals surface area (Å²) in [5, 5.41) is 9.53. The summed E-state index contributed by atoms with van der Waals surface area (Å²) in [7, 11) is 3.10. The molecule has 2 N–H and O–H groups in total. The second-order valence-electron chi connectivity index (χ2n) is 6.52. The lowest BCUT2D eigenvalue weighted by atomic mass is 10.1. The molecule has 9 nitrogen and oxygen atoms in total. The van der Waals surface area contributed by atoms with E-state index in [4.69, 9.17) is 9.47 Å². The first-order chi connectivity index (χ1) is 15.0. The SMILES string of the molecule is COc1cccc(/C=C/C(=O)Nc2ccc(NC(=O)C(C)n3cncn3)cc2)c1OC. The van der Waals surface area contributed by atoms with Gasteiger partial charge in [0.05, 0.1) is 14.2 Å². The molecule has 1 unspecified atom stereocenters. The van der Waals surface area contributed by atoms with Gasteiger partial charge in [-0.2, -0.15) is 5.10 Å². The summed E-state index contributed by atoms with van der Waals surface area (Å²) >= 11 is 0. The number of para-hydroxylation sites is 1. The lowest BCUT2D eigenvalue weighted by Gasteiger charge is -2.12. The fourth-order valence-electron chi connectivity index (χ4n) is 2.81. The van der Waals surface area contributed by atoms with Gasteiger partial charge in [-0.3, -0.25) is 9.59 Å². The predicted molar refractivity (Wildman–Crippen MR) is 117 cm³/mol. The van der Waals surface area contributed by atoms with Gasteiger partial charge in [-0.1, -0.05) is 12.1 Å². The molecule has 1 heterocycles. The fourth-order valence-corrected chi connectivity index (χ4v) is 2.81. The van der Waals surface area contributed by atoms with E-state index in [1.807, 2.05) is 12.1 Å². The number of ether oxygens (including phenoxy) is 2. The minimum absolute atomic E-state index is 0.225. The van der Waals surface area contributed by atoms with Gasteiger partial charge in [0.25, 0.3) is 0 Å². The van der Waals surface area contributed by atoms with Gasteiger partial charge in [-0.15, -0.1) is 0 Å². The molecule has 160 valence electrons. The maximum absolute atomic E-state index is 12.3. The van der Waals surface area contributed by atoms with Crippen molar-refractivity contribution in [2.45, 2.75) is 13.0 Å². The quantitative estimate of drug-likeness (QED) is 0.541. The normalized spacial score (nSPS) is 11.7. The summed E-state index contributed by atoms with van der Waals surface area (Å²) in [5.74, 6) is 0.606. The molecule has 0 radical (unpaired) electrons. The first kappa shape index (κ1) is 21.6. The molecule has 3 rings (SSSR count). The van der Waals surface area contributed by atoms with Crippen LogP contribution in [-0.2, 0) is 9.59 Å². The summed E-state index contributed by atoms with van der Waals surface area (Å²) in [6.07, 6.45) is 5.92. The van der Waals surface area contributed by atoms with Crippen LogP contribution in [0.15, 0.2) is 61.2 Å². The Labute approximate surface area is 179 Å². The number of benzene rings is 2. The number of aromatic nitrogens is 3. The predicted octanol–water partition coefficient (Wildman–Crippen LogP) is 3.15. The first-order valence-electron chi connectivity index (χ1n) is 9.47. The van der Waals surface area contributed by atoms with Crippen molar-refractivity contribution < 1.29 is 19.1 Å². The van der Waals surface area contributed by atoms with E-state index in [1.165, 1.54) is 23.4 Å². The molecule has 0 spiro atoms. The minimum atomic E-state index is -0.499. The molecular formula is C22H23N5O4. The second-order valence-corrected chi connectivity index (χ2v) is 6.52. The molecule has 9 heteroatoms. The third-order valence-electron chi connectivity index (χ3n) is 4.48. The molecule has 2 aromatic carbocycles. The molecule has 0 aliphatic rings. The van der Waals surface area contributed by atoms with E-state index in [2.05, 4.69) is 20.7 Å². The minimum Gasteiger partial charge on any atom is -0.493 e. The molecule has 1 atom stereocenters. The molecule has 1 aromatic heterocycles. The highest BCUT2D eigenvalue weighted by Gasteiger charge is 2.15. The molecule has 0 saturated carbocycles. The van der Waals surface area contributed by atoms with E-state index >= 15 is 0 Å². The van der Waals surface area contributed by atoms with Crippen molar-refractivity contribution in [2.24, 2.45) is 0 Å². The topological polar surface area (TPSA) is 107 Å². The van der Waals surface area contributed by atoms with Gasteiger partial charge in [-0.25, -0.2) is 9.67 Å². The monoisotopic (exact) mass is 421 g/mol. The molecule has 0 bridgehead atoms. The van der Waals surface area contributed by atoms with Gasteiger partial charge in [0, 0.05) is 23.0 Å².